The zero-order valence-electron chi connectivity index (χ0n) is 12.0. The number of nitrogens with one attached hydrogen (secondary N) is 1. The van der Waals surface area contributed by atoms with Crippen LogP contribution in [0.2, 0.25) is 0 Å². The molecule has 0 saturated carbocycles. The van der Waals surface area contributed by atoms with Crippen LogP contribution in [0.3, 0.4) is 0 Å². The highest BCUT2D eigenvalue weighted by atomic mass is 15.1. The van der Waals surface area contributed by atoms with Gasteiger partial charge in [0.1, 0.15) is 0 Å². The van der Waals surface area contributed by atoms with Gasteiger partial charge in [-0.2, -0.15) is 0 Å². The van der Waals surface area contributed by atoms with Crippen molar-refractivity contribution in [2.75, 3.05) is 24.3 Å². The Balaban J connectivity index is 1.96. The van der Waals surface area contributed by atoms with E-state index >= 15 is 0 Å². The van der Waals surface area contributed by atoms with E-state index in [1.165, 1.54) is 0 Å². The largest absolute Gasteiger partial charge is 0.388 e. The Kier molecular flexibility index (Phi) is 3.06. The highest BCUT2D eigenvalue weighted by Gasteiger charge is 2.07. The molecule has 0 aliphatic carbocycles. The number of aryl methyl sites for hydroxylation is 1. The molecular weight excluding hydrogens is 248 g/mol. The van der Waals surface area contributed by atoms with E-state index < -0.39 is 0 Å². The minimum absolute atomic E-state index is 1.02. The standard InChI is InChI=1S/C16H18N4/c1-17-12-4-6-13(7-5-12)20(3)14-8-9-16-15(10-14)18-11-19(16)2/h4-11,17H,1-3H3. The third-order valence-corrected chi connectivity index (χ3v) is 3.64. The SMILES string of the molecule is CNc1ccc(N(C)c2ccc3c(c2)ncn3C)cc1. The monoisotopic (exact) mass is 266 g/mol. The first-order valence-electron chi connectivity index (χ1n) is 6.61. The first-order valence-corrected chi connectivity index (χ1v) is 6.61. The van der Waals surface area contributed by atoms with Crippen LogP contribution in [-0.4, -0.2) is 23.6 Å². The maximum atomic E-state index is 4.41. The Morgan fingerprint density at radius 2 is 1.75 bits per heavy atom. The lowest BCUT2D eigenvalue weighted by Crippen LogP contribution is -2.09. The number of imidazole rings is 1. The number of nitrogens with zero attached hydrogens (tertiary/aromatic N) is 3. The number of benzene rings is 2. The van der Waals surface area contributed by atoms with Crippen molar-refractivity contribution in [1.29, 1.82) is 0 Å². The summed E-state index contributed by atoms with van der Waals surface area (Å²) in [6.07, 6.45) is 1.84. The van der Waals surface area contributed by atoms with Crippen LogP contribution in [0.1, 0.15) is 0 Å². The van der Waals surface area contributed by atoms with Crippen molar-refractivity contribution >= 4 is 28.1 Å². The van der Waals surface area contributed by atoms with Gasteiger partial charge in [-0.15, -0.1) is 0 Å². The van der Waals surface area contributed by atoms with E-state index in [1.54, 1.807) is 0 Å². The van der Waals surface area contributed by atoms with Gasteiger partial charge >= 0.3 is 0 Å². The average Bonchev–Trinajstić information content (AvgIpc) is 2.87. The summed E-state index contributed by atoms with van der Waals surface area (Å²) < 4.78 is 2.03. The summed E-state index contributed by atoms with van der Waals surface area (Å²) >= 11 is 0. The number of rotatable bonds is 3. The molecule has 1 N–H and O–H groups in total. The molecule has 2 aromatic carbocycles. The van der Waals surface area contributed by atoms with Crippen molar-refractivity contribution in [2.24, 2.45) is 7.05 Å². The van der Waals surface area contributed by atoms with E-state index in [1.807, 2.05) is 25.0 Å². The molecule has 0 fully saturated rings. The Morgan fingerprint density at radius 3 is 2.45 bits per heavy atom. The summed E-state index contributed by atoms with van der Waals surface area (Å²) in [6, 6.07) is 14.7. The van der Waals surface area contributed by atoms with Crippen LogP contribution in [0.25, 0.3) is 11.0 Å². The molecule has 0 atom stereocenters. The highest BCUT2D eigenvalue weighted by molar-refractivity contribution is 5.81. The summed E-state index contributed by atoms with van der Waals surface area (Å²) in [5, 5.41) is 3.13. The molecule has 0 radical (unpaired) electrons. The molecular formula is C16H18N4. The van der Waals surface area contributed by atoms with Gasteiger partial charge in [-0.05, 0) is 42.5 Å². The Hall–Kier alpha value is -2.49. The molecule has 0 bridgehead atoms. The first-order chi connectivity index (χ1) is 9.69. The summed E-state index contributed by atoms with van der Waals surface area (Å²) in [5.74, 6) is 0. The van der Waals surface area contributed by atoms with E-state index in [9.17, 15) is 0 Å². The van der Waals surface area contributed by atoms with Gasteiger partial charge in [0.15, 0.2) is 0 Å². The lowest BCUT2D eigenvalue weighted by molar-refractivity contribution is 0.947. The number of anilines is 3. The molecule has 3 rings (SSSR count). The summed E-state index contributed by atoms with van der Waals surface area (Å²) in [4.78, 5) is 6.57. The smallest absolute Gasteiger partial charge is 0.0955 e. The summed E-state index contributed by atoms with van der Waals surface area (Å²) in [6.45, 7) is 0. The van der Waals surface area contributed by atoms with Crippen molar-refractivity contribution in [3.05, 3.63) is 48.8 Å². The van der Waals surface area contributed by atoms with E-state index in [0.717, 1.165) is 28.1 Å². The zero-order chi connectivity index (χ0) is 14.1. The topological polar surface area (TPSA) is 33.1 Å². The summed E-state index contributed by atoms with van der Waals surface area (Å²) in [5.41, 5.74) is 5.56. The van der Waals surface area contributed by atoms with E-state index in [4.69, 9.17) is 0 Å². The quantitative estimate of drug-likeness (QED) is 0.789. The second-order valence-electron chi connectivity index (χ2n) is 4.88. The van der Waals surface area contributed by atoms with Gasteiger partial charge in [0.25, 0.3) is 0 Å². The Bertz CT molecular complexity index is 728. The van der Waals surface area contributed by atoms with Crippen molar-refractivity contribution in [2.45, 2.75) is 0 Å². The van der Waals surface area contributed by atoms with Gasteiger partial charge < -0.3 is 14.8 Å². The van der Waals surface area contributed by atoms with Crippen LogP contribution in [0.5, 0.6) is 0 Å². The van der Waals surface area contributed by atoms with Crippen molar-refractivity contribution < 1.29 is 0 Å². The molecule has 0 unspecified atom stereocenters. The van der Waals surface area contributed by atoms with Crippen molar-refractivity contribution in [1.82, 2.24) is 9.55 Å². The Morgan fingerprint density at radius 1 is 1.05 bits per heavy atom. The maximum absolute atomic E-state index is 4.41. The van der Waals surface area contributed by atoms with Gasteiger partial charge in [-0.1, -0.05) is 0 Å². The van der Waals surface area contributed by atoms with Gasteiger partial charge in [-0.25, -0.2) is 4.98 Å². The predicted octanol–water partition coefficient (Wildman–Crippen LogP) is 3.38. The van der Waals surface area contributed by atoms with Crippen LogP contribution < -0.4 is 10.2 Å². The molecule has 20 heavy (non-hydrogen) atoms. The van der Waals surface area contributed by atoms with Crippen LogP contribution in [-0.2, 0) is 7.05 Å². The lowest BCUT2D eigenvalue weighted by Gasteiger charge is -2.20. The van der Waals surface area contributed by atoms with E-state index in [-0.39, 0.29) is 0 Å². The average molecular weight is 266 g/mol. The normalized spacial score (nSPS) is 10.8. The first kappa shape index (κ1) is 12.5. The zero-order valence-corrected chi connectivity index (χ0v) is 12.0. The molecule has 0 amide bonds. The fourth-order valence-corrected chi connectivity index (χ4v) is 2.33. The fourth-order valence-electron chi connectivity index (χ4n) is 2.33. The van der Waals surface area contributed by atoms with Crippen LogP contribution in [0, 0.1) is 0 Å². The second-order valence-corrected chi connectivity index (χ2v) is 4.88. The molecule has 0 aliphatic rings. The van der Waals surface area contributed by atoms with Crippen LogP contribution in [0.4, 0.5) is 17.1 Å². The minimum Gasteiger partial charge on any atom is -0.388 e. The molecule has 4 heteroatoms. The molecule has 0 aliphatic heterocycles. The lowest BCUT2D eigenvalue weighted by atomic mass is 10.2. The highest BCUT2D eigenvalue weighted by Crippen LogP contribution is 2.27. The van der Waals surface area contributed by atoms with Crippen molar-refractivity contribution in [3.63, 3.8) is 0 Å². The number of hydrogen-bond acceptors (Lipinski definition) is 3. The second kappa shape index (κ2) is 4.89. The van der Waals surface area contributed by atoms with Gasteiger partial charge in [-0.3, -0.25) is 0 Å². The maximum Gasteiger partial charge on any atom is 0.0955 e. The van der Waals surface area contributed by atoms with E-state index in [0.29, 0.717) is 0 Å². The van der Waals surface area contributed by atoms with Gasteiger partial charge in [0.05, 0.1) is 17.4 Å². The predicted molar refractivity (Wildman–Crippen MR) is 84.8 cm³/mol. The third kappa shape index (κ3) is 2.09. The Labute approximate surface area is 118 Å². The van der Waals surface area contributed by atoms with Crippen LogP contribution in [0.15, 0.2) is 48.8 Å². The molecule has 0 spiro atoms. The molecule has 1 heterocycles. The van der Waals surface area contributed by atoms with Gasteiger partial charge in [0, 0.05) is 38.2 Å². The number of hydrogen-bond donors (Lipinski definition) is 1. The third-order valence-electron chi connectivity index (χ3n) is 3.64. The minimum atomic E-state index is 1.02. The summed E-state index contributed by atoms with van der Waals surface area (Å²) in [7, 11) is 6.00. The molecule has 3 aromatic rings. The van der Waals surface area contributed by atoms with Crippen molar-refractivity contribution in [3.8, 4) is 0 Å². The van der Waals surface area contributed by atoms with Gasteiger partial charge in [0.2, 0.25) is 0 Å². The molecule has 102 valence electrons. The number of aromatic nitrogens is 2. The fraction of sp³-hybridized carbons (Fsp3) is 0.188. The molecule has 1 aromatic heterocycles. The number of fused-ring (bicyclic) bond motifs is 1. The molecule has 4 nitrogen and oxygen atoms in total. The van der Waals surface area contributed by atoms with Crippen LogP contribution >= 0.6 is 0 Å². The molecule has 0 saturated heterocycles. The van der Waals surface area contributed by atoms with E-state index in [2.05, 4.69) is 64.7 Å².